The number of hydrogen-bond donors (Lipinski definition) is 3. The second kappa shape index (κ2) is 13.0. The number of rotatable bonds is 11. The number of anilines is 4. The van der Waals surface area contributed by atoms with Gasteiger partial charge in [0.1, 0.15) is 11.6 Å². The lowest BCUT2D eigenvalue weighted by Gasteiger charge is -2.36. The normalized spacial score (nSPS) is 20.1. The first-order valence-corrected chi connectivity index (χ1v) is 15.5. The molecular formula is C29H38FN7O2S. The molecule has 40 heavy (non-hydrogen) atoms. The maximum atomic E-state index is 13.9. The molecule has 0 spiro atoms. The van der Waals surface area contributed by atoms with E-state index in [0.29, 0.717) is 40.6 Å². The Morgan fingerprint density at radius 2 is 1.57 bits per heavy atom. The van der Waals surface area contributed by atoms with E-state index in [0.717, 1.165) is 45.3 Å². The van der Waals surface area contributed by atoms with Crippen molar-refractivity contribution < 1.29 is 12.8 Å². The van der Waals surface area contributed by atoms with E-state index in [-0.39, 0.29) is 11.9 Å². The molecule has 0 bridgehead atoms. The van der Waals surface area contributed by atoms with Gasteiger partial charge in [0, 0.05) is 42.7 Å². The summed E-state index contributed by atoms with van der Waals surface area (Å²) in [5.74, 6) is 0.595. The van der Waals surface area contributed by atoms with Gasteiger partial charge in [0.25, 0.3) is 0 Å². The molecule has 2 aliphatic rings. The zero-order valence-electron chi connectivity index (χ0n) is 22.9. The average molecular weight is 568 g/mol. The number of nitrogens with zero attached hydrogens (tertiary/aromatic N) is 4. The third-order valence-electron chi connectivity index (χ3n) is 7.84. The average Bonchev–Trinajstić information content (AvgIpc) is 3.49. The third kappa shape index (κ3) is 7.14. The highest BCUT2D eigenvalue weighted by atomic mass is 32.2. The third-order valence-corrected chi connectivity index (χ3v) is 9.80. The molecule has 11 heteroatoms. The zero-order chi connectivity index (χ0) is 28.0. The molecule has 1 aromatic heterocycles. The summed E-state index contributed by atoms with van der Waals surface area (Å²) in [5, 5.41) is 9.60. The molecule has 3 aromatic rings. The first-order valence-electron chi connectivity index (χ1n) is 14.0. The standard InChI is InChI=1S/C29H38FN7O2S/c1-31-23-8-12-26(13-9-23)37(21-20-36-18-2-3-19-36)40(38,39)27-14-10-25(11-15-27)34-29-32-17-16-28(35-29)33-24-6-4-22(30)5-7-24/h4-7,10-11,14-17,23,26,31H,2-3,8-9,12-13,18-21H2,1H3,(H2,32,33,34,35)/t23-,26-. The number of halogens is 1. The van der Waals surface area contributed by atoms with Gasteiger partial charge < -0.3 is 20.9 Å². The lowest BCUT2D eigenvalue weighted by molar-refractivity contribution is 0.207. The predicted molar refractivity (Wildman–Crippen MR) is 156 cm³/mol. The quantitative estimate of drug-likeness (QED) is 0.306. The van der Waals surface area contributed by atoms with Gasteiger partial charge >= 0.3 is 0 Å². The number of benzene rings is 2. The van der Waals surface area contributed by atoms with Crippen molar-refractivity contribution in [1.82, 2.24) is 24.5 Å². The molecule has 2 heterocycles. The van der Waals surface area contributed by atoms with Crippen LogP contribution in [-0.2, 0) is 10.0 Å². The highest BCUT2D eigenvalue weighted by molar-refractivity contribution is 7.89. The van der Waals surface area contributed by atoms with Crippen LogP contribution in [0.15, 0.2) is 65.7 Å². The minimum Gasteiger partial charge on any atom is -0.340 e. The minimum absolute atomic E-state index is 0.0137. The molecule has 1 saturated heterocycles. The van der Waals surface area contributed by atoms with Crippen LogP contribution in [0.3, 0.4) is 0 Å². The second-order valence-corrected chi connectivity index (χ2v) is 12.4. The zero-order valence-corrected chi connectivity index (χ0v) is 23.7. The molecule has 1 aliphatic heterocycles. The maximum Gasteiger partial charge on any atom is 0.243 e. The van der Waals surface area contributed by atoms with Crippen molar-refractivity contribution >= 4 is 33.2 Å². The van der Waals surface area contributed by atoms with Gasteiger partial charge in [-0.25, -0.2) is 17.8 Å². The maximum absolute atomic E-state index is 13.9. The van der Waals surface area contributed by atoms with Gasteiger partial charge in [-0.3, -0.25) is 0 Å². The van der Waals surface area contributed by atoms with Gasteiger partial charge in [-0.1, -0.05) is 0 Å². The number of aromatic nitrogens is 2. The lowest BCUT2D eigenvalue weighted by atomic mass is 9.91. The molecule has 5 rings (SSSR count). The van der Waals surface area contributed by atoms with Crippen molar-refractivity contribution in [3.8, 4) is 0 Å². The number of sulfonamides is 1. The summed E-state index contributed by atoms with van der Waals surface area (Å²) in [4.78, 5) is 11.4. The summed E-state index contributed by atoms with van der Waals surface area (Å²) in [5.41, 5.74) is 1.38. The SMILES string of the molecule is CN[C@H]1CC[C@H](N(CCN2CCCC2)S(=O)(=O)c2ccc(Nc3nccc(Nc4ccc(F)cc4)n3)cc2)CC1. The van der Waals surface area contributed by atoms with Crippen LogP contribution in [0.25, 0.3) is 0 Å². The molecule has 0 amide bonds. The Bertz CT molecular complexity index is 1340. The van der Waals surface area contributed by atoms with E-state index in [1.807, 2.05) is 7.05 Å². The molecule has 0 atom stereocenters. The fraction of sp³-hybridized carbons (Fsp3) is 0.448. The lowest BCUT2D eigenvalue weighted by Crippen LogP contribution is -2.47. The fourth-order valence-corrected chi connectivity index (χ4v) is 7.22. The summed E-state index contributed by atoms with van der Waals surface area (Å²) in [6.07, 6.45) is 7.67. The Kier molecular flexibility index (Phi) is 9.25. The van der Waals surface area contributed by atoms with Crippen LogP contribution in [-0.4, -0.2) is 72.9 Å². The van der Waals surface area contributed by atoms with Crippen LogP contribution in [0.1, 0.15) is 38.5 Å². The van der Waals surface area contributed by atoms with Crippen molar-refractivity contribution in [2.75, 3.05) is 43.9 Å². The van der Waals surface area contributed by atoms with E-state index in [4.69, 9.17) is 0 Å². The molecule has 1 aliphatic carbocycles. The Morgan fingerprint density at radius 3 is 2.25 bits per heavy atom. The van der Waals surface area contributed by atoms with Gasteiger partial charge in [-0.2, -0.15) is 9.29 Å². The summed E-state index contributed by atoms with van der Waals surface area (Å²) in [7, 11) is -1.68. The molecule has 2 aromatic carbocycles. The molecule has 0 radical (unpaired) electrons. The molecule has 214 valence electrons. The van der Waals surface area contributed by atoms with Crippen molar-refractivity contribution in [2.24, 2.45) is 0 Å². The summed E-state index contributed by atoms with van der Waals surface area (Å²) < 4.78 is 42.8. The summed E-state index contributed by atoms with van der Waals surface area (Å²) >= 11 is 0. The minimum atomic E-state index is -3.66. The summed E-state index contributed by atoms with van der Waals surface area (Å²) in [6.45, 7) is 3.37. The van der Waals surface area contributed by atoms with Crippen molar-refractivity contribution in [2.45, 2.75) is 55.5 Å². The number of likely N-dealkylation sites (tertiary alicyclic amines) is 1. The first-order chi connectivity index (χ1) is 19.4. The van der Waals surface area contributed by atoms with E-state index in [1.165, 1.54) is 25.0 Å². The topological polar surface area (TPSA) is 102 Å². The van der Waals surface area contributed by atoms with E-state index in [2.05, 4.69) is 30.8 Å². The molecule has 9 nitrogen and oxygen atoms in total. The second-order valence-electron chi connectivity index (χ2n) is 10.5. The monoisotopic (exact) mass is 567 g/mol. The highest BCUT2D eigenvalue weighted by Crippen LogP contribution is 2.29. The van der Waals surface area contributed by atoms with Gasteiger partial charge in [0.2, 0.25) is 16.0 Å². The van der Waals surface area contributed by atoms with Crippen LogP contribution in [0.2, 0.25) is 0 Å². The van der Waals surface area contributed by atoms with Crippen LogP contribution in [0, 0.1) is 5.82 Å². The summed E-state index contributed by atoms with van der Waals surface area (Å²) in [6, 6.07) is 15.0. The van der Waals surface area contributed by atoms with Crippen LogP contribution >= 0.6 is 0 Å². The van der Waals surface area contributed by atoms with Crippen molar-refractivity contribution in [1.29, 1.82) is 0 Å². The molecule has 2 fully saturated rings. The fourth-order valence-electron chi connectivity index (χ4n) is 5.54. The van der Waals surface area contributed by atoms with Crippen molar-refractivity contribution in [3.05, 3.63) is 66.6 Å². The Morgan fingerprint density at radius 1 is 0.925 bits per heavy atom. The van der Waals surface area contributed by atoms with Crippen molar-refractivity contribution in [3.63, 3.8) is 0 Å². The largest absolute Gasteiger partial charge is 0.340 e. The van der Waals surface area contributed by atoms with Crippen LogP contribution in [0.5, 0.6) is 0 Å². The molecule has 0 unspecified atom stereocenters. The first kappa shape index (κ1) is 28.4. The van der Waals surface area contributed by atoms with Gasteiger partial charge in [-0.05, 0) is 113 Å². The predicted octanol–water partition coefficient (Wildman–Crippen LogP) is 4.72. The smallest absolute Gasteiger partial charge is 0.243 e. The van der Waals surface area contributed by atoms with E-state index in [9.17, 15) is 12.8 Å². The van der Waals surface area contributed by atoms with E-state index >= 15 is 0 Å². The molecular weight excluding hydrogens is 529 g/mol. The Balaban J connectivity index is 1.28. The van der Waals surface area contributed by atoms with Gasteiger partial charge in [0.15, 0.2) is 0 Å². The number of hydrogen-bond acceptors (Lipinski definition) is 8. The Hall–Kier alpha value is -3.12. The Labute approximate surface area is 236 Å². The number of nitrogens with one attached hydrogen (secondary N) is 3. The van der Waals surface area contributed by atoms with E-state index in [1.54, 1.807) is 53.0 Å². The van der Waals surface area contributed by atoms with Crippen LogP contribution < -0.4 is 16.0 Å². The van der Waals surface area contributed by atoms with Gasteiger partial charge in [0.05, 0.1) is 4.90 Å². The highest BCUT2D eigenvalue weighted by Gasteiger charge is 2.34. The van der Waals surface area contributed by atoms with Crippen LogP contribution in [0.4, 0.5) is 27.5 Å². The van der Waals surface area contributed by atoms with E-state index < -0.39 is 10.0 Å². The van der Waals surface area contributed by atoms with Gasteiger partial charge in [-0.15, -0.1) is 0 Å². The molecule has 1 saturated carbocycles. The molecule has 3 N–H and O–H groups in total.